The van der Waals surface area contributed by atoms with Crippen LogP contribution in [0, 0.1) is 31.5 Å². The molecule has 0 radical (unpaired) electrons. The number of benzene rings is 2. The van der Waals surface area contributed by atoms with Gasteiger partial charge in [0, 0.05) is 49.6 Å². The van der Waals surface area contributed by atoms with E-state index in [1.807, 2.05) is 32.9 Å². The van der Waals surface area contributed by atoms with Crippen molar-refractivity contribution in [3.8, 4) is 0 Å². The Morgan fingerprint density at radius 2 is 1.68 bits per heavy atom. The number of aryl methyl sites for hydroxylation is 2. The van der Waals surface area contributed by atoms with Gasteiger partial charge in [-0.15, -0.1) is 0 Å². The lowest BCUT2D eigenvalue weighted by molar-refractivity contribution is -0.138. The van der Waals surface area contributed by atoms with Crippen molar-refractivity contribution in [3.63, 3.8) is 0 Å². The lowest BCUT2D eigenvalue weighted by Crippen LogP contribution is -2.47. The van der Waals surface area contributed by atoms with E-state index in [9.17, 15) is 9.18 Å². The topological polar surface area (TPSA) is 23.6 Å². The van der Waals surface area contributed by atoms with Crippen molar-refractivity contribution >= 4 is 5.91 Å². The standard InChI is InChI=1S/C30H41FN2O/c1-21(2)30(34)33(27-8-6-5-7-9-27)19-26-18-32(17-25-16-23(4)12-15-29(25)31)20-28(26)24-13-10-22(3)11-14-24/h10-16,21,26-28H,5-9,17-20H2,1-4H3/t26-,28+/m0/s1. The lowest BCUT2D eigenvalue weighted by Gasteiger charge is -2.38. The Hall–Kier alpha value is -2.20. The molecule has 2 aromatic carbocycles. The smallest absolute Gasteiger partial charge is 0.225 e. The largest absolute Gasteiger partial charge is 0.339 e. The van der Waals surface area contributed by atoms with Crippen LogP contribution in [0.3, 0.4) is 0 Å². The second kappa shape index (κ2) is 11.0. The summed E-state index contributed by atoms with van der Waals surface area (Å²) < 4.78 is 14.6. The second-order valence-electron chi connectivity index (χ2n) is 11.0. The maximum absolute atomic E-state index is 14.6. The molecule has 4 rings (SSSR count). The van der Waals surface area contributed by atoms with Crippen LogP contribution in [-0.2, 0) is 11.3 Å². The fourth-order valence-corrected chi connectivity index (χ4v) is 5.93. The number of rotatable bonds is 7. The van der Waals surface area contributed by atoms with Gasteiger partial charge in [0.05, 0.1) is 0 Å². The average Bonchev–Trinajstić information content (AvgIpc) is 3.22. The maximum atomic E-state index is 14.6. The summed E-state index contributed by atoms with van der Waals surface area (Å²) in [5, 5.41) is 0. The predicted octanol–water partition coefficient (Wildman–Crippen LogP) is 6.48. The van der Waals surface area contributed by atoms with Crippen molar-refractivity contribution < 1.29 is 9.18 Å². The lowest BCUT2D eigenvalue weighted by atomic mass is 9.86. The molecular weight excluding hydrogens is 423 g/mol. The van der Waals surface area contributed by atoms with Gasteiger partial charge in [-0.3, -0.25) is 9.69 Å². The summed E-state index contributed by atoms with van der Waals surface area (Å²) in [7, 11) is 0. The summed E-state index contributed by atoms with van der Waals surface area (Å²) in [4.78, 5) is 18.0. The Morgan fingerprint density at radius 3 is 2.35 bits per heavy atom. The maximum Gasteiger partial charge on any atom is 0.225 e. The van der Waals surface area contributed by atoms with Gasteiger partial charge in [0.15, 0.2) is 0 Å². The summed E-state index contributed by atoms with van der Waals surface area (Å²) in [6.45, 7) is 11.4. The molecule has 34 heavy (non-hydrogen) atoms. The molecule has 0 N–H and O–H groups in total. The Morgan fingerprint density at radius 1 is 1.00 bits per heavy atom. The number of hydrogen-bond donors (Lipinski definition) is 0. The molecule has 1 heterocycles. The molecule has 2 aromatic rings. The van der Waals surface area contributed by atoms with Crippen molar-refractivity contribution in [1.29, 1.82) is 0 Å². The van der Waals surface area contributed by atoms with Crippen LogP contribution in [0.15, 0.2) is 42.5 Å². The van der Waals surface area contributed by atoms with Gasteiger partial charge in [0.1, 0.15) is 5.82 Å². The number of halogens is 1. The van der Waals surface area contributed by atoms with Crippen molar-refractivity contribution in [1.82, 2.24) is 9.80 Å². The average molecular weight is 465 g/mol. The summed E-state index contributed by atoms with van der Waals surface area (Å²) in [6, 6.07) is 14.6. The van der Waals surface area contributed by atoms with Gasteiger partial charge in [-0.1, -0.05) is 80.6 Å². The van der Waals surface area contributed by atoms with Crippen molar-refractivity contribution in [2.45, 2.75) is 78.3 Å². The monoisotopic (exact) mass is 464 g/mol. The molecule has 2 aliphatic rings. The van der Waals surface area contributed by atoms with E-state index in [-0.39, 0.29) is 17.6 Å². The first-order valence-corrected chi connectivity index (χ1v) is 13.2. The molecule has 0 spiro atoms. The molecular formula is C30H41FN2O. The van der Waals surface area contributed by atoms with Crippen LogP contribution in [0.4, 0.5) is 4.39 Å². The van der Waals surface area contributed by atoms with Crippen molar-refractivity contribution in [3.05, 3.63) is 70.5 Å². The van der Waals surface area contributed by atoms with E-state index >= 15 is 0 Å². The molecule has 1 saturated heterocycles. The molecule has 2 fully saturated rings. The first kappa shape index (κ1) is 24.9. The zero-order valence-electron chi connectivity index (χ0n) is 21.4. The van der Waals surface area contributed by atoms with E-state index in [4.69, 9.17) is 0 Å². The molecule has 0 bridgehead atoms. The van der Waals surface area contributed by atoms with Gasteiger partial charge in [-0.05, 0) is 44.2 Å². The van der Waals surface area contributed by atoms with Gasteiger partial charge in [0.25, 0.3) is 0 Å². The Bertz CT molecular complexity index is 964. The number of likely N-dealkylation sites (tertiary alicyclic amines) is 1. The molecule has 1 amide bonds. The van der Waals surface area contributed by atoms with Crippen LogP contribution >= 0.6 is 0 Å². The Balaban J connectivity index is 1.58. The van der Waals surface area contributed by atoms with Crippen LogP contribution in [0.25, 0.3) is 0 Å². The van der Waals surface area contributed by atoms with Gasteiger partial charge in [-0.2, -0.15) is 0 Å². The first-order chi connectivity index (χ1) is 16.3. The highest BCUT2D eigenvalue weighted by Gasteiger charge is 2.38. The van der Waals surface area contributed by atoms with Gasteiger partial charge < -0.3 is 4.90 Å². The molecule has 184 valence electrons. The van der Waals surface area contributed by atoms with Gasteiger partial charge in [0.2, 0.25) is 5.91 Å². The van der Waals surface area contributed by atoms with E-state index in [1.165, 1.54) is 30.4 Å². The van der Waals surface area contributed by atoms with Crippen LogP contribution in [0.5, 0.6) is 0 Å². The van der Waals surface area contributed by atoms with Gasteiger partial charge >= 0.3 is 0 Å². The molecule has 3 nitrogen and oxygen atoms in total. The molecule has 0 aromatic heterocycles. The Kier molecular flexibility index (Phi) is 8.08. The number of hydrogen-bond acceptors (Lipinski definition) is 2. The molecule has 2 atom stereocenters. The summed E-state index contributed by atoms with van der Waals surface area (Å²) in [5.74, 6) is 0.871. The van der Waals surface area contributed by atoms with E-state index in [1.54, 1.807) is 6.07 Å². The summed E-state index contributed by atoms with van der Waals surface area (Å²) in [5.41, 5.74) is 4.46. The highest BCUT2D eigenvalue weighted by atomic mass is 19.1. The molecule has 1 saturated carbocycles. The fourth-order valence-electron chi connectivity index (χ4n) is 5.93. The minimum atomic E-state index is -0.125. The molecule has 4 heteroatoms. The summed E-state index contributed by atoms with van der Waals surface area (Å²) >= 11 is 0. The minimum Gasteiger partial charge on any atom is -0.339 e. The number of carbonyl (C=O) groups excluding carboxylic acids is 1. The van der Waals surface area contributed by atoms with E-state index in [0.717, 1.165) is 43.6 Å². The Labute approximate surface area is 205 Å². The van der Waals surface area contributed by atoms with Crippen LogP contribution in [0.1, 0.15) is 74.1 Å². The number of nitrogens with zero attached hydrogens (tertiary/aromatic N) is 2. The van der Waals surface area contributed by atoms with E-state index < -0.39 is 0 Å². The highest BCUT2D eigenvalue weighted by molar-refractivity contribution is 5.78. The quantitative estimate of drug-likeness (QED) is 0.468. The van der Waals surface area contributed by atoms with Crippen LogP contribution < -0.4 is 0 Å². The van der Waals surface area contributed by atoms with E-state index in [2.05, 4.69) is 41.0 Å². The normalized spacial score (nSPS) is 21.8. The highest BCUT2D eigenvalue weighted by Crippen LogP contribution is 2.36. The fraction of sp³-hybridized carbons (Fsp3) is 0.567. The third-order valence-corrected chi connectivity index (χ3v) is 7.84. The van der Waals surface area contributed by atoms with Crippen molar-refractivity contribution in [2.24, 2.45) is 11.8 Å². The van der Waals surface area contributed by atoms with Crippen molar-refractivity contribution in [2.75, 3.05) is 19.6 Å². The third-order valence-electron chi connectivity index (χ3n) is 7.84. The molecule has 1 aliphatic carbocycles. The summed E-state index contributed by atoms with van der Waals surface area (Å²) in [6.07, 6.45) is 5.97. The third kappa shape index (κ3) is 5.89. The number of carbonyl (C=O) groups is 1. The molecule has 1 aliphatic heterocycles. The van der Waals surface area contributed by atoms with Gasteiger partial charge in [-0.25, -0.2) is 4.39 Å². The second-order valence-corrected chi connectivity index (χ2v) is 11.0. The van der Waals surface area contributed by atoms with E-state index in [0.29, 0.717) is 24.4 Å². The van der Waals surface area contributed by atoms with Crippen LogP contribution in [0.2, 0.25) is 0 Å². The molecule has 0 unspecified atom stereocenters. The zero-order valence-corrected chi connectivity index (χ0v) is 21.4. The number of amides is 1. The zero-order chi connectivity index (χ0) is 24.2. The minimum absolute atomic E-state index is 0.0126. The SMILES string of the molecule is Cc1ccc([C@H]2CN(Cc3cc(C)ccc3F)C[C@H]2CN(C(=O)C(C)C)C2CCCCC2)cc1. The first-order valence-electron chi connectivity index (χ1n) is 13.2. The van der Waals surface area contributed by atoms with Crippen LogP contribution in [-0.4, -0.2) is 41.4 Å². The predicted molar refractivity (Wildman–Crippen MR) is 137 cm³/mol.